The first-order chi connectivity index (χ1) is 60.0. The first-order valence-corrected chi connectivity index (χ1v) is 29.0. The van der Waals surface area contributed by atoms with E-state index in [-0.39, 0.29) is 88.8 Å². The number of nitrogens with zero attached hydrogens (tertiary/aromatic N) is 3. The van der Waals surface area contributed by atoms with E-state index < -0.39 is 257 Å². The van der Waals surface area contributed by atoms with Crippen LogP contribution in [0.25, 0.3) is 0 Å². The summed E-state index contributed by atoms with van der Waals surface area (Å²) in [5, 5.41) is 0. The van der Waals surface area contributed by atoms with Crippen LogP contribution < -0.4 is 45.6 Å². The molecule has 3 aromatic rings. The fourth-order valence-electron chi connectivity index (χ4n) is 11.6. The third-order valence-corrected chi connectivity index (χ3v) is 15.8. The number of esters is 3. The van der Waals surface area contributed by atoms with Gasteiger partial charge in [-0.05, 0) is 144 Å². The van der Waals surface area contributed by atoms with Crippen molar-refractivity contribution < 1.29 is 119 Å². The first-order valence-electron chi connectivity index (χ1n) is 51.5. The Morgan fingerprint density at radius 2 is 0.722 bits per heavy atom. The molecule has 3 aromatic carbocycles. The number of carbonyl (C=O) groups is 3. The van der Waals surface area contributed by atoms with Gasteiger partial charge in [-0.15, -0.1) is 0 Å². The van der Waals surface area contributed by atoms with E-state index in [1.165, 1.54) is 40.6 Å². The van der Waals surface area contributed by atoms with Crippen molar-refractivity contribution in [3.8, 4) is 34.5 Å². The maximum atomic E-state index is 13.5. The molecule has 18 nitrogen and oxygen atoms in total. The number of hydrogen-bond donors (Lipinski definition) is 3. The van der Waals surface area contributed by atoms with Crippen LogP contribution >= 0.6 is 0 Å². The number of rotatable bonds is 21. The second-order valence-corrected chi connectivity index (χ2v) is 23.4. The number of carbonyl (C=O) groups excluding carboxylic acids is 3. The van der Waals surface area contributed by atoms with Gasteiger partial charge in [-0.2, -0.15) is 0 Å². The average molecular weight is 1300 g/mol. The standard InChI is InChI=1S/3C24H38N2O4/c3*1-14(2)9-17-13-26-8-7-16-10-21(28-5)22(29-6)11-18(16)19(26)12-20(17)30-24(27)23(25)15(3)4/h3*10-11,14-15,17,19-20,23H,7-9,12-13,25H2,1-6H3/t3*17?,19?,20?,23-/m000/s1/i2*3D3,4D3,5D3,7D2,8D2,15D,19D,23D;3D3,4D3,7D2,8D2,15D,19D,23D. The molecule has 0 aliphatic carbocycles. The summed E-state index contributed by atoms with van der Waals surface area (Å²) in [6.45, 7) is -21.3. The Hall–Kier alpha value is -5.37. The zero-order valence-corrected chi connectivity index (χ0v) is 52.0. The number of methoxy groups -OCH3 is 6. The van der Waals surface area contributed by atoms with E-state index in [0.29, 0.717) is 0 Å². The van der Waals surface area contributed by atoms with Gasteiger partial charge in [0.2, 0.25) is 0 Å². The van der Waals surface area contributed by atoms with Crippen molar-refractivity contribution in [3.05, 3.63) is 69.8 Å². The summed E-state index contributed by atoms with van der Waals surface area (Å²) in [7, 11) is -1.01. The highest BCUT2D eigenvalue weighted by Gasteiger charge is 2.45. The molecule has 90 heavy (non-hydrogen) atoms. The lowest BCUT2D eigenvalue weighted by Gasteiger charge is -2.47. The van der Waals surface area contributed by atoms with Crippen molar-refractivity contribution in [2.24, 2.45) is 70.4 Å². The van der Waals surface area contributed by atoms with Gasteiger partial charge in [0.15, 0.2) is 34.5 Å². The van der Waals surface area contributed by atoms with E-state index in [2.05, 4.69) is 0 Å². The van der Waals surface area contributed by atoms with Crippen LogP contribution in [0.3, 0.4) is 0 Å². The van der Waals surface area contributed by atoms with Crippen molar-refractivity contribution in [2.45, 2.75) is 195 Å². The molecule has 504 valence electrons. The fourth-order valence-corrected chi connectivity index (χ4v) is 11.6. The van der Waals surface area contributed by atoms with Gasteiger partial charge in [0, 0.05) is 139 Å². The van der Waals surface area contributed by atoms with E-state index >= 15 is 0 Å². The van der Waals surface area contributed by atoms with Crippen LogP contribution in [0.15, 0.2) is 36.4 Å². The Labute approximate surface area is 602 Å². The highest BCUT2D eigenvalue weighted by atomic mass is 16.6. The summed E-state index contributed by atoms with van der Waals surface area (Å²) < 4.78 is 415. The minimum absolute atomic E-state index is 0.000900. The Kier molecular flexibility index (Phi) is 11.6. The van der Waals surface area contributed by atoms with Crippen LogP contribution in [0, 0.1) is 53.2 Å². The molecule has 9 rings (SSSR count). The number of nitrogens with two attached hydrogens (primary N) is 3. The molecule has 0 bridgehead atoms. The molecule has 12 atom stereocenters. The molecule has 0 spiro atoms. The summed E-state index contributed by atoms with van der Waals surface area (Å²) in [5.74, 6) is -20.9. The van der Waals surface area contributed by atoms with Gasteiger partial charge in [0.05, 0.1) is 59.0 Å². The number of fused-ring (bicyclic) bond motifs is 9. The predicted octanol–water partition coefficient (Wildman–Crippen LogP) is 10.7. The molecule has 3 fully saturated rings. The minimum atomic E-state index is -3.84. The Morgan fingerprint density at radius 1 is 0.467 bits per heavy atom. The molecule has 9 unspecified atom stereocenters. The van der Waals surface area contributed by atoms with E-state index in [9.17, 15) is 18.5 Å². The van der Waals surface area contributed by atoms with Crippen molar-refractivity contribution in [1.29, 1.82) is 0 Å². The minimum Gasteiger partial charge on any atom is -0.493 e. The summed E-state index contributed by atoms with van der Waals surface area (Å²) in [6, 6.07) is -10.8. The number of ether oxygens (including phenoxy) is 9. The SMILES string of the molecule is [2H]C([2H])([2H])Oc1cc2c(cc1OC)C1([2H])CC(OC(=O)[C@@]([2H])(N)C([2H])(C([2H])([2H])[2H])C([2H])([2H])[2H])C(CC(C)C)CN1C([2H])([2H])C2([2H])[2H].[2H]C([2H])([2H])Oc1cc2c(cc1OC)C1([2H])CC(OC(=O)[C@@]([2H])(N)C([2H])(C([2H])([2H])[2H])C([2H])([2H])[2H])C(CC(C)C)CN1C([2H])([2H])C2([2H])[2H].[2H]C12CC(OC(=O)[C@@]([2H])(N)C([2H])(C([2H])([2H])[2H])C([2H])([2H])[2H])C(CC(C)C)CN1C([2H])([2H])C([2H])([2H])c1cc(OC)c(OC)cc12. The molecule has 0 saturated carbocycles. The first kappa shape index (κ1) is 32.2. The fraction of sp³-hybridized carbons (Fsp3) is 0.708. The van der Waals surface area contributed by atoms with E-state index in [0.717, 1.165) is 39.0 Å². The Bertz CT molecular complexity index is 4580. The number of aryl methyl sites for hydroxylation is 3. The zero-order valence-electron chi connectivity index (χ0n) is 97.0. The molecule has 0 aromatic heterocycles. The second kappa shape index (κ2) is 32.5. The van der Waals surface area contributed by atoms with Gasteiger partial charge >= 0.3 is 17.9 Å². The number of benzene rings is 3. The van der Waals surface area contributed by atoms with Gasteiger partial charge < -0.3 is 59.8 Å². The monoisotopic (exact) mass is 1300 g/mol. The van der Waals surface area contributed by atoms with E-state index in [1.807, 2.05) is 13.8 Å². The van der Waals surface area contributed by atoms with Crippen LogP contribution in [-0.4, -0.2) is 151 Å². The van der Waals surface area contributed by atoms with Crippen LogP contribution in [-0.2, 0) is 47.7 Å². The topological polar surface area (TPSA) is 222 Å². The van der Waals surface area contributed by atoms with E-state index in [4.69, 9.17) is 117 Å². The van der Waals surface area contributed by atoms with Crippen LogP contribution in [0.4, 0.5) is 0 Å². The zero-order chi connectivity index (χ0) is 105. The lowest BCUT2D eigenvalue weighted by atomic mass is 9.79. The van der Waals surface area contributed by atoms with Crippen molar-refractivity contribution in [1.82, 2.24) is 14.7 Å². The summed E-state index contributed by atoms with van der Waals surface area (Å²) >= 11 is 0. The third kappa shape index (κ3) is 17.5. The predicted molar refractivity (Wildman–Crippen MR) is 353 cm³/mol. The Morgan fingerprint density at radius 3 is 0.956 bits per heavy atom. The van der Waals surface area contributed by atoms with Gasteiger partial charge in [0.1, 0.15) is 36.4 Å². The van der Waals surface area contributed by atoms with Crippen LogP contribution in [0.2, 0.25) is 0 Å². The van der Waals surface area contributed by atoms with Gasteiger partial charge in [0.25, 0.3) is 0 Å². The van der Waals surface area contributed by atoms with Gasteiger partial charge in [-0.1, -0.05) is 82.7 Å². The van der Waals surface area contributed by atoms with Crippen LogP contribution in [0.5, 0.6) is 34.5 Å². The average Bonchev–Trinajstić information content (AvgIpc) is 0.690. The van der Waals surface area contributed by atoms with Crippen molar-refractivity contribution >= 4 is 17.9 Å². The van der Waals surface area contributed by atoms with E-state index in [1.54, 1.807) is 27.7 Å². The molecular weight excluding hydrogens is 1140 g/mol. The molecule has 18 heteroatoms. The van der Waals surface area contributed by atoms with Crippen LogP contribution in [0.1, 0.15) is 234 Å². The molecule has 6 N–H and O–H groups in total. The Balaban J connectivity index is 0.000000276. The summed E-state index contributed by atoms with van der Waals surface area (Å²) in [5.41, 5.74) is 15.8. The molecule has 0 radical (unpaired) electrons. The van der Waals surface area contributed by atoms with Gasteiger partial charge in [-0.3, -0.25) is 29.1 Å². The molecule has 0 amide bonds. The maximum absolute atomic E-state index is 13.5. The maximum Gasteiger partial charge on any atom is 0.323 e. The number of hydrogen-bond acceptors (Lipinski definition) is 18. The summed E-state index contributed by atoms with van der Waals surface area (Å²) in [6.07, 6.45) is -13.6. The normalized spacial score (nSPS) is 40.6. The van der Waals surface area contributed by atoms with Crippen molar-refractivity contribution in [3.63, 3.8) is 0 Å². The molecule has 6 aliphatic rings. The van der Waals surface area contributed by atoms with Crippen molar-refractivity contribution in [2.75, 3.05) is 81.6 Å². The largest absolute Gasteiger partial charge is 0.493 e. The molecule has 6 heterocycles. The summed E-state index contributed by atoms with van der Waals surface area (Å²) in [4.78, 5) is 43.3. The molecular formula is C72H114N6O12. The highest BCUT2D eigenvalue weighted by molar-refractivity contribution is 5.77. The quantitative estimate of drug-likeness (QED) is 0.0666. The third-order valence-electron chi connectivity index (χ3n) is 15.8. The lowest BCUT2D eigenvalue weighted by molar-refractivity contribution is -0.161. The smallest absolute Gasteiger partial charge is 0.323 e. The lowest BCUT2D eigenvalue weighted by Crippen LogP contribution is -2.51. The molecule has 6 aliphatic heterocycles. The molecule has 3 saturated heterocycles. The number of piperidine rings is 3. The highest BCUT2D eigenvalue weighted by Crippen LogP contribution is 2.48. The second-order valence-electron chi connectivity index (χ2n) is 23.4. The van der Waals surface area contributed by atoms with Gasteiger partial charge in [-0.25, -0.2) is 0 Å².